The Bertz CT molecular complexity index is 540. The van der Waals surface area contributed by atoms with E-state index in [0.29, 0.717) is 10.8 Å². The van der Waals surface area contributed by atoms with E-state index in [4.69, 9.17) is 0 Å². The Morgan fingerprint density at radius 1 is 0.821 bits per heavy atom. The fourth-order valence-corrected chi connectivity index (χ4v) is 9.26. The van der Waals surface area contributed by atoms with Gasteiger partial charge < -0.3 is 5.11 Å². The number of hydrogen-bond donors (Lipinski definition) is 1. The van der Waals surface area contributed by atoms with Gasteiger partial charge in [-0.05, 0) is 110 Å². The Hall–Kier alpha value is -0.0400. The van der Waals surface area contributed by atoms with E-state index in [9.17, 15) is 5.11 Å². The summed E-state index contributed by atoms with van der Waals surface area (Å²) in [7, 11) is 0. The van der Waals surface area contributed by atoms with E-state index in [1.165, 1.54) is 64.2 Å². The molecule has 4 rings (SSSR count). The minimum Gasteiger partial charge on any atom is -0.393 e. The number of fused-ring (bicyclic) bond motifs is 5. The molecule has 1 heteroatoms. The normalized spacial score (nSPS) is 49.4. The zero-order chi connectivity index (χ0) is 20.1. The molecule has 4 saturated carbocycles. The van der Waals surface area contributed by atoms with E-state index in [1.54, 1.807) is 0 Å². The lowest BCUT2D eigenvalue weighted by atomic mass is 9.44. The van der Waals surface area contributed by atoms with E-state index in [2.05, 4.69) is 34.6 Å². The highest BCUT2D eigenvalue weighted by molar-refractivity contribution is 5.09. The van der Waals surface area contributed by atoms with Gasteiger partial charge in [0.1, 0.15) is 0 Å². The number of aliphatic hydroxyl groups excluding tert-OH is 1. The van der Waals surface area contributed by atoms with Crippen LogP contribution in [-0.2, 0) is 0 Å². The lowest BCUT2D eigenvalue weighted by Crippen LogP contribution is -2.54. The Labute approximate surface area is 175 Å². The first-order valence-electron chi connectivity index (χ1n) is 12.9. The van der Waals surface area contributed by atoms with E-state index >= 15 is 0 Å². The van der Waals surface area contributed by atoms with Gasteiger partial charge in [0.15, 0.2) is 0 Å². The monoisotopic (exact) mass is 388 g/mol. The lowest BCUT2D eigenvalue weighted by molar-refractivity contribution is -0.129. The van der Waals surface area contributed by atoms with Gasteiger partial charge in [0.25, 0.3) is 0 Å². The Kier molecular flexibility index (Phi) is 5.98. The van der Waals surface area contributed by atoms with Crippen molar-refractivity contribution in [1.29, 1.82) is 0 Å². The average molecular weight is 389 g/mol. The topological polar surface area (TPSA) is 20.2 Å². The molecule has 0 heterocycles. The molecule has 4 fully saturated rings. The molecule has 0 spiro atoms. The van der Waals surface area contributed by atoms with E-state index < -0.39 is 0 Å². The Morgan fingerprint density at radius 2 is 1.54 bits per heavy atom. The molecule has 0 radical (unpaired) electrons. The highest BCUT2D eigenvalue weighted by Gasteiger charge is 2.60. The van der Waals surface area contributed by atoms with Gasteiger partial charge in [-0.3, -0.25) is 0 Å². The summed E-state index contributed by atoms with van der Waals surface area (Å²) in [6, 6.07) is 0. The van der Waals surface area contributed by atoms with Crippen LogP contribution >= 0.6 is 0 Å². The van der Waals surface area contributed by atoms with Crippen molar-refractivity contribution in [2.75, 3.05) is 0 Å². The SMILES string of the molecule is CC(C)CCC[C@H](C)[C@@H]1CC[C@@H]2[C@H]3CC[C@H]4C[C@@H](O)CC[C@]4(C)[C@@H]3CC[C@@]21C. The van der Waals surface area contributed by atoms with Crippen molar-refractivity contribution in [3.63, 3.8) is 0 Å². The molecule has 0 bridgehead atoms. The molecule has 9 atom stereocenters. The van der Waals surface area contributed by atoms with Crippen molar-refractivity contribution in [3.8, 4) is 0 Å². The lowest BCUT2D eigenvalue weighted by Gasteiger charge is -2.61. The molecule has 28 heavy (non-hydrogen) atoms. The van der Waals surface area contributed by atoms with Gasteiger partial charge in [-0.25, -0.2) is 0 Å². The van der Waals surface area contributed by atoms with Crippen LogP contribution in [0.25, 0.3) is 0 Å². The molecule has 162 valence electrons. The van der Waals surface area contributed by atoms with E-state index in [1.807, 2.05) is 0 Å². The number of rotatable bonds is 5. The zero-order valence-electron chi connectivity index (χ0n) is 19.6. The van der Waals surface area contributed by atoms with Crippen LogP contribution in [0.2, 0.25) is 0 Å². The second-order valence-corrected chi connectivity index (χ2v) is 12.6. The molecule has 0 unspecified atom stereocenters. The molecule has 0 saturated heterocycles. The Balaban J connectivity index is 1.46. The van der Waals surface area contributed by atoms with Crippen LogP contribution in [0.3, 0.4) is 0 Å². The van der Waals surface area contributed by atoms with Crippen LogP contribution in [-0.4, -0.2) is 11.2 Å². The smallest absolute Gasteiger partial charge is 0.0543 e. The molecule has 0 aromatic rings. The third-order valence-corrected chi connectivity index (χ3v) is 10.8. The van der Waals surface area contributed by atoms with Gasteiger partial charge in [0.05, 0.1) is 6.10 Å². The third-order valence-electron chi connectivity index (χ3n) is 10.8. The van der Waals surface area contributed by atoms with Crippen molar-refractivity contribution in [3.05, 3.63) is 0 Å². The molecule has 0 amide bonds. The largest absolute Gasteiger partial charge is 0.393 e. The van der Waals surface area contributed by atoms with Gasteiger partial charge in [0, 0.05) is 0 Å². The molecule has 1 N–H and O–H groups in total. The first-order chi connectivity index (χ1) is 13.3. The fraction of sp³-hybridized carbons (Fsp3) is 1.00. The fourth-order valence-electron chi connectivity index (χ4n) is 9.26. The standard InChI is InChI=1S/C27H48O/c1-18(2)7-6-8-19(3)23-11-12-24-22-10-9-20-17-21(28)13-15-26(20,4)25(22)14-16-27(23,24)5/h18-25,28H,6-17H2,1-5H3/t19-,20-,21-,22+,23-,24+,25+,26-,27+/m0/s1. The van der Waals surface area contributed by atoms with E-state index in [-0.39, 0.29) is 6.10 Å². The Morgan fingerprint density at radius 3 is 2.29 bits per heavy atom. The van der Waals surface area contributed by atoms with Crippen molar-refractivity contribution in [2.45, 2.75) is 118 Å². The molecule has 0 aliphatic heterocycles. The zero-order valence-corrected chi connectivity index (χ0v) is 19.6. The first-order valence-corrected chi connectivity index (χ1v) is 12.9. The summed E-state index contributed by atoms with van der Waals surface area (Å²) in [6.45, 7) is 12.7. The van der Waals surface area contributed by atoms with Gasteiger partial charge in [-0.15, -0.1) is 0 Å². The summed E-state index contributed by atoms with van der Waals surface area (Å²) >= 11 is 0. The summed E-state index contributed by atoms with van der Waals surface area (Å²) in [5.74, 6) is 6.49. The van der Waals surface area contributed by atoms with E-state index in [0.717, 1.165) is 54.3 Å². The first kappa shape index (κ1) is 21.2. The second-order valence-electron chi connectivity index (χ2n) is 12.6. The maximum atomic E-state index is 10.3. The molecule has 4 aliphatic rings. The van der Waals surface area contributed by atoms with Gasteiger partial charge in [-0.1, -0.05) is 53.9 Å². The van der Waals surface area contributed by atoms with Crippen molar-refractivity contribution < 1.29 is 5.11 Å². The molecule has 0 aromatic carbocycles. The van der Waals surface area contributed by atoms with Gasteiger partial charge >= 0.3 is 0 Å². The summed E-state index contributed by atoms with van der Waals surface area (Å²) in [5.41, 5.74) is 1.15. The summed E-state index contributed by atoms with van der Waals surface area (Å²) in [5, 5.41) is 10.3. The maximum Gasteiger partial charge on any atom is 0.0543 e. The quantitative estimate of drug-likeness (QED) is 0.518. The van der Waals surface area contributed by atoms with Crippen LogP contribution in [0.1, 0.15) is 112 Å². The molecule has 1 nitrogen and oxygen atoms in total. The number of aliphatic hydroxyl groups is 1. The van der Waals surface area contributed by atoms with Gasteiger partial charge in [-0.2, -0.15) is 0 Å². The van der Waals surface area contributed by atoms with Crippen molar-refractivity contribution in [2.24, 2.45) is 52.3 Å². The van der Waals surface area contributed by atoms with Crippen LogP contribution in [0.15, 0.2) is 0 Å². The summed E-state index contributed by atoms with van der Waals surface area (Å²) in [4.78, 5) is 0. The van der Waals surface area contributed by atoms with Crippen LogP contribution in [0.4, 0.5) is 0 Å². The predicted molar refractivity (Wildman–Crippen MR) is 119 cm³/mol. The predicted octanol–water partition coefficient (Wildman–Crippen LogP) is 7.47. The van der Waals surface area contributed by atoms with Crippen molar-refractivity contribution in [1.82, 2.24) is 0 Å². The second kappa shape index (κ2) is 7.90. The molecule has 0 aromatic heterocycles. The minimum absolute atomic E-state index is 0.00830. The van der Waals surface area contributed by atoms with Crippen LogP contribution in [0, 0.1) is 52.3 Å². The molecule has 4 aliphatic carbocycles. The minimum atomic E-state index is -0.00830. The molecular weight excluding hydrogens is 340 g/mol. The summed E-state index contributed by atoms with van der Waals surface area (Å²) in [6.07, 6.45) is 16.6. The van der Waals surface area contributed by atoms with Crippen molar-refractivity contribution >= 4 is 0 Å². The number of hydrogen-bond acceptors (Lipinski definition) is 1. The highest BCUT2D eigenvalue weighted by Crippen LogP contribution is 2.68. The average Bonchev–Trinajstić information content (AvgIpc) is 2.99. The molecular formula is C27H48O. The van der Waals surface area contributed by atoms with Crippen LogP contribution in [0.5, 0.6) is 0 Å². The van der Waals surface area contributed by atoms with Gasteiger partial charge in [0.2, 0.25) is 0 Å². The van der Waals surface area contributed by atoms with Crippen LogP contribution < -0.4 is 0 Å². The third kappa shape index (κ3) is 3.50. The summed E-state index contributed by atoms with van der Waals surface area (Å²) < 4.78 is 0. The maximum absolute atomic E-state index is 10.3. The highest BCUT2D eigenvalue weighted by atomic mass is 16.3.